The summed E-state index contributed by atoms with van der Waals surface area (Å²) in [7, 11) is 3.38. The van der Waals surface area contributed by atoms with Gasteiger partial charge in [0.05, 0.1) is 18.6 Å². The van der Waals surface area contributed by atoms with Crippen LogP contribution in [0.25, 0.3) is 10.9 Å². The summed E-state index contributed by atoms with van der Waals surface area (Å²) >= 11 is 0. The molecule has 2 aromatic rings. The van der Waals surface area contributed by atoms with Gasteiger partial charge in [-0.15, -0.1) is 5.92 Å². The zero-order chi connectivity index (χ0) is 25.6. The first-order valence-corrected chi connectivity index (χ1v) is 12.2. The highest BCUT2D eigenvalue weighted by Crippen LogP contribution is 2.31. The summed E-state index contributed by atoms with van der Waals surface area (Å²) in [6.45, 7) is 3.50. The third kappa shape index (κ3) is 3.89. The summed E-state index contributed by atoms with van der Waals surface area (Å²) in [6.07, 6.45) is 1.24. The van der Waals surface area contributed by atoms with Crippen LogP contribution in [0.5, 0.6) is 0 Å². The van der Waals surface area contributed by atoms with E-state index in [4.69, 9.17) is 10.7 Å². The van der Waals surface area contributed by atoms with Gasteiger partial charge < -0.3 is 25.0 Å². The lowest BCUT2D eigenvalue weighted by Gasteiger charge is -2.42. The molecular weight excluding hydrogens is 458 g/mol. The van der Waals surface area contributed by atoms with Crippen molar-refractivity contribution in [1.82, 2.24) is 24.2 Å². The molecule has 188 valence electrons. The van der Waals surface area contributed by atoms with E-state index < -0.39 is 18.2 Å². The Balaban J connectivity index is 1.51. The van der Waals surface area contributed by atoms with Gasteiger partial charge in [0, 0.05) is 44.7 Å². The van der Waals surface area contributed by atoms with Gasteiger partial charge in [-0.1, -0.05) is 24.1 Å². The molecular formula is C26H31N7O3. The van der Waals surface area contributed by atoms with Gasteiger partial charge in [-0.3, -0.25) is 14.5 Å². The van der Waals surface area contributed by atoms with Gasteiger partial charge in [0.2, 0.25) is 0 Å². The lowest BCUT2D eigenvalue weighted by atomic mass is 10.1. The van der Waals surface area contributed by atoms with Crippen LogP contribution in [0.1, 0.15) is 25.3 Å². The maximum atomic E-state index is 13.9. The van der Waals surface area contributed by atoms with E-state index in [-0.39, 0.29) is 24.1 Å². The molecule has 10 heteroatoms. The van der Waals surface area contributed by atoms with Gasteiger partial charge in [-0.25, -0.2) is 9.79 Å². The Bertz CT molecular complexity index is 1370. The summed E-state index contributed by atoms with van der Waals surface area (Å²) in [5, 5.41) is 0.823. The minimum absolute atomic E-state index is 0.000954. The number of guanidine groups is 1. The van der Waals surface area contributed by atoms with Crippen molar-refractivity contribution in [2.75, 3.05) is 26.7 Å². The number of pyridine rings is 1. The molecule has 3 atom stereocenters. The maximum Gasteiger partial charge on any atom is 0.328 e. The van der Waals surface area contributed by atoms with Crippen LogP contribution in [0.15, 0.2) is 40.1 Å². The molecule has 4 heterocycles. The minimum Gasteiger partial charge on any atom is -0.341 e. The Kier molecular flexibility index (Phi) is 6.18. The first-order chi connectivity index (χ1) is 17.3. The molecule has 3 amide bonds. The van der Waals surface area contributed by atoms with Gasteiger partial charge in [0.15, 0.2) is 18.2 Å². The van der Waals surface area contributed by atoms with E-state index in [0.29, 0.717) is 24.6 Å². The van der Waals surface area contributed by atoms with Crippen LogP contribution in [0.3, 0.4) is 0 Å². The standard InChI is InChI=1S/C26H31N7O3/c1-4-5-13-32-22-23(28-25(32)31-12-8-9-18(27)16-31)30(3)26(36)33(24(22)35)15-17-14-21(34)29(2)20-11-7-6-10-19(17)20/h6-7,10-11,14,18,22-23H,8-9,12-13,15-16,27H2,1-3H3. The van der Waals surface area contributed by atoms with E-state index >= 15 is 0 Å². The molecule has 0 bridgehead atoms. The second-order valence-corrected chi connectivity index (χ2v) is 9.59. The van der Waals surface area contributed by atoms with Gasteiger partial charge in [-0.05, 0) is 31.4 Å². The van der Waals surface area contributed by atoms with Gasteiger partial charge >= 0.3 is 6.03 Å². The summed E-state index contributed by atoms with van der Waals surface area (Å²) in [5.74, 6) is 6.30. The summed E-state index contributed by atoms with van der Waals surface area (Å²) in [5.41, 5.74) is 7.41. The van der Waals surface area contributed by atoms with Gasteiger partial charge in [0.25, 0.3) is 11.5 Å². The highest BCUT2D eigenvalue weighted by molar-refractivity contribution is 6.04. The number of likely N-dealkylation sites (tertiary alicyclic amines) is 1. The largest absolute Gasteiger partial charge is 0.341 e. The number of benzene rings is 1. The number of aromatic nitrogens is 1. The number of urea groups is 1. The number of hydrogen-bond donors (Lipinski definition) is 1. The van der Waals surface area contributed by atoms with Crippen LogP contribution >= 0.6 is 0 Å². The van der Waals surface area contributed by atoms with Gasteiger partial charge in [-0.2, -0.15) is 0 Å². The van der Waals surface area contributed by atoms with E-state index in [0.717, 1.165) is 30.3 Å². The number of nitrogens with two attached hydrogens (primary N) is 1. The number of likely N-dealkylation sites (N-methyl/N-ethyl adjacent to an activating group) is 1. The average molecular weight is 490 g/mol. The Morgan fingerprint density at radius 3 is 2.69 bits per heavy atom. The van der Waals surface area contributed by atoms with Crippen molar-refractivity contribution in [3.05, 3.63) is 46.2 Å². The zero-order valence-corrected chi connectivity index (χ0v) is 20.8. The molecule has 0 saturated carbocycles. The quantitative estimate of drug-likeness (QED) is 0.638. The van der Waals surface area contributed by atoms with Crippen LogP contribution in [0.2, 0.25) is 0 Å². The highest BCUT2D eigenvalue weighted by atomic mass is 16.2. The summed E-state index contributed by atoms with van der Waals surface area (Å²) < 4.78 is 1.56. The topological polar surface area (TPSA) is 107 Å². The predicted molar refractivity (Wildman–Crippen MR) is 137 cm³/mol. The molecule has 10 nitrogen and oxygen atoms in total. The number of carbonyl (C=O) groups is 2. The Morgan fingerprint density at radius 1 is 1.17 bits per heavy atom. The maximum absolute atomic E-state index is 13.9. The number of carbonyl (C=O) groups excluding carboxylic acids is 2. The van der Waals surface area contributed by atoms with Crippen molar-refractivity contribution in [3.63, 3.8) is 0 Å². The first-order valence-electron chi connectivity index (χ1n) is 12.2. The normalized spacial score (nSPS) is 24.1. The number of aryl methyl sites for hydroxylation is 1. The van der Waals surface area contributed by atoms with E-state index in [9.17, 15) is 14.4 Å². The summed E-state index contributed by atoms with van der Waals surface area (Å²) in [4.78, 5) is 51.6. The lowest BCUT2D eigenvalue weighted by Crippen LogP contribution is -2.65. The highest BCUT2D eigenvalue weighted by Gasteiger charge is 2.53. The number of para-hydroxylation sites is 1. The molecule has 2 fully saturated rings. The third-order valence-corrected chi connectivity index (χ3v) is 7.31. The van der Waals surface area contributed by atoms with Crippen LogP contribution < -0.4 is 11.3 Å². The smallest absolute Gasteiger partial charge is 0.328 e. The number of nitrogens with zero attached hydrogens (tertiary/aromatic N) is 6. The predicted octanol–water partition coefficient (Wildman–Crippen LogP) is 0.745. The summed E-state index contributed by atoms with van der Waals surface area (Å²) in [6, 6.07) is 7.89. The molecule has 3 unspecified atom stereocenters. The lowest BCUT2D eigenvalue weighted by molar-refractivity contribution is -0.137. The first kappa shape index (κ1) is 23.9. The molecule has 0 spiro atoms. The molecule has 2 N–H and O–H groups in total. The van der Waals surface area contributed by atoms with Crippen LogP contribution in [-0.2, 0) is 18.4 Å². The van der Waals surface area contributed by atoms with Crippen LogP contribution in [0.4, 0.5) is 4.79 Å². The third-order valence-electron chi connectivity index (χ3n) is 7.31. The van der Waals surface area contributed by atoms with Crippen molar-refractivity contribution in [2.24, 2.45) is 17.8 Å². The second kappa shape index (κ2) is 9.32. The number of piperidine rings is 1. The van der Waals surface area contributed by atoms with Crippen LogP contribution in [0, 0.1) is 11.8 Å². The number of fused-ring (bicyclic) bond motifs is 2. The molecule has 36 heavy (non-hydrogen) atoms. The van der Waals surface area contributed by atoms with Crippen LogP contribution in [-0.4, -0.2) is 87.0 Å². The fraction of sp³-hybridized carbons (Fsp3) is 0.462. The molecule has 5 rings (SSSR count). The van der Waals surface area contributed by atoms with Gasteiger partial charge in [0.1, 0.15) is 0 Å². The minimum atomic E-state index is -0.695. The molecule has 3 aliphatic rings. The molecule has 0 aliphatic carbocycles. The molecule has 1 aromatic carbocycles. The molecule has 3 aliphatic heterocycles. The number of rotatable bonds is 3. The average Bonchev–Trinajstić information content (AvgIpc) is 3.26. The number of imide groups is 1. The van der Waals surface area contributed by atoms with E-state index in [2.05, 4.69) is 16.7 Å². The zero-order valence-electron chi connectivity index (χ0n) is 20.8. The molecule has 2 saturated heterocycles. The number of hydrogen-bond acceptors (Lipinski definition) is 7. The van der Waals surface area contributed by atoms with Crippen molar-refractivity contribution in [3.8, 4) is 11.8 Å². The molecule has 1 aromatic heterocycles. The Hall–Kier alpha value is -3.84. The van der Waals surface area contributed by atoms with Crippen molar-refractivity contribution in [2.45, 2.75) is 44.6 Å². The second-order valence-electron chi connectivity index (χ2n) is 9.59. The SMILES string of the molecule is CC#CCN1C(N2CCCC(N)C2)=NC2C1C(=O)N(Cc1cc(=O)n(C)c3ccccc13)C(=O)N2C. The van der Waals surface area contributed by atoms with E-state index in [1.807, 2.05) is 29.2 Å². The van der Waals surface area contributed by atoms with Crippen molar-refractivity contribution < 1.29 is 9.59 Å². The Labute approximate surface area is 209 Å². The fourth-order valence-corrected chi connectivity index (χ4v) is 5.38. The van der Waals surface area contributed by atoms with E-state index in [1.165, 1.54) is 15.9 Å². The van der Waals surface area contributed by atoms with Crippen molar-refractivity contribution >= 4 is 28.8 Å². The van der Waals surface area contributed by atoms with E-state index in [1.54, 1.807) is 25.6 Å². The fourth-order valence-electron chi connectivity index (χ4n) is 5.38. The Morgan fingerprint density at radius 2 is 1.94 bits per heavy atom. The number of aliphatic imine (C=N–C) groups is 1. The molecule has 0 radical (unpaired) electrons. The number of amides is 3. The monoisotopic (exact) mass is 489 g/mol. The van der Waals surface area contributed by atoms with Crippen molar-refractivity contribution in [1.29, 1.82) is 0 Å².